The van der Waals surface area contributed by atoms with Gasteiger partial charge in [0.2, 0.25) is 5.91 Å². The van der Waals surface area contributed by atoms with Gasteiger partial charge in [-0.1, -0.05) is 24.3 Å². The number of amides is 1. The van der Waals surface area contributed by atoms with Crippen molar-refractivity contribution < 1.29 is 22.8 Å². The van der Waals surface area contributed by atoms with E-state index in [2.05, 4.69) is 10.6 Å². The second kappa shape index (κ2) is 7.83. The number of para-hydroxylation sites is 1. The van der Waals surface area contributed by atoms with Crippen molar-refractivity contribution in [2.45, 2.75) is 19.5 Å². The summed E-state index contributed by atoms with van der Waals surface area (Å²) in [6.07, 6.45) is -4.55. The highest BCUT2D eigenvalue weighted by Gasteiger charge is 2.33. The smallest absolute Gasteiger partial charge is 0.385 e. The average Bonchev–Trinajstić information content (AvgIpc) is 2.54. The first-order chi connectivity index (χ1) is 11.8. The predicted octanol–water partition coefficient (Wildman–Crippen LogP) is 4.35. The van der Waals surface area contributed by atoms with Crippen molar-refractivity contribution >= 4 is 23.1 Å². The van der Waals surface area contributed by atoms with E-state index >= 15 is 0 Å². The first-order valence-corrected chi connectivity index (χ1v) is 7.58. The molecule has 2 aromatic carbocycles. The molecule has 2 aromatic rings. The van der Waals surface area contributed by atoms with Crippen LogP contribution in [0.5, 0.6) is 0 Å². The van der Waals surface area contributed by atoms with E-state index < -0.39 is 17.6 Å². The topological polar surface area (TPSA) is 58.2 Å². The van der Waals surface area contributed by atoms with E-state index in [0.717, 1.165) is 6.07 Å². The number of hydrogen-bond donors (Lipinski definition) is 2. The van der Waals surface area contributed by atoms with Gasteiger partial charge in [0.1, 0.15) is 0 Å². The van der Waals surface area contributed by atoms with Gasteiger partial charge in [-0.15, -0.1) is 0 Å². The summed E-state index contributed by atoms with van der Waals surface area (Å²) in [5.41, 5.74) is 0.0498. The van der Waals surface area contributed by atoms with Crippen LogP contribution in [0.25, 0.3) is 0 Å². The Labute approximate surface area is 143 Å². The van der Waals surface area contributed by atoms with Gasteiger partial charge in [0.25, 0.3) is 0 Å². The van der Waals surface area contributed by atoms with Crippen LogP contribution in [0.2, 0.25) is 0 Å². The highest BCUT2D eigenvalue weighted by molar-refractivity contribution is 5.95. The van der Waals surface area contributed by atoms with Gasteiger partial charge in [-0.3, -0.25) is 9.59 Å². The summed E-state index contributed by atoms with van der Waals surface area (Å²) >= 11 is 0. The van der Waals surface area contributed by atoms with E-state index in [1.807, 2.05) is 0 Å². The molecule has 0 saturated heterocycles. The van der Waals surface area contributed by atoms with Crippen LogP contribution in [0.4, 0.5) is 24.5 Å². The standard InChI is InChI=1S/C18H17F3N2O2/c1-12(24)13-5-4-6-14(11-13)22-10-9-17(25)23-16-8-3-2-7-15(16)18(19,20)21/h2-8,11,22H,9-10H2,1H3,(H,23,25). The molecule has 0 aromatic heterocycles. The Bertz CT molecular complexity index is 773. The van der Waals surface area contributed by atoms with Crippen LogP contribution in [-0.2, 0) is 11.0 Å². The van der Waals surface area contributed by atoms with Gasteiger partial charge >= 0.3 is 6.18 Å². The monoisotopic (exact) mass is 350 g/mol. The minimum Gasteiger partial charge on any atom is -0.385 e. The van der Waals surface area contributed by atoms with Crippen molar-refractivity contribution in [1.82, 2.24) is 0 Å². The maximum atomic E-state index is 12.9. The van der Waals surface area contributed by atoms with Crippen LogP contribution in [0, 0.1) is 0 Å². The van der Waals surface area contributed by atoms with Gasteiger partial charge in [0, 0.05) is 24.2 Å². The minimum absolute atomic E-state index is 0.0174. The second-order valence-corrected chi connectivity index (χ2v) is 5.41. The molecule has 0 saturated carbocycles. The molecule has 0 spiro atoms. The Morgan fingerprint density at radius 2 is 1.76 bits per heavy atom. The van der Waals surface area contributed by atoms with E-state index in [1.165, 1.54) is 25.1 Å². The fourth-order valence-electron chi connectivity index (χ4n) is 2.22. The van der Waals surface area contributed by atoms with E-state index in [4.69, 9.17) is 0 Å². The maximum Gasteiger partial charge on any atom is 0.418 e. The molecular formula is C18H17F3N2O2. The van der Waals surface area contributed by atoms with Crippen LogP contribution in [-0.4, -0.2) is 18.2 Å². The van der Waals surface area contributed by atoms with Crippen molar-refractivity contribution in [2.75, 3.05) is 17.2 Å². The molecule has 0 unspecified atom stereocenters. The molecule has 2 N–H and O–H groups in total. The molecule has 0 bridgehead atoms. The molecule has 0 heterocycles. The fraction of sp³-hybridized carbons (Fsp3) is 0.222. The zero-order chi connectivity index (χ0) is 18.4. The Hall–Kier alpha value is -2.83. The molecule has 2 rings (SSSR count). The number of carbonyl (C=O) groups excluding carboxylic acids is 2. The van der Waals surface area contributed by atoms with Crippen molar-refractivity contribution in [1.29, 1.82) is 0 Å². The summed E-state index contributed by atoms with van der Waals surface area (Å²) in [6, 6.07) is 11.6. The predicted molar refractivity (Wildman–Crippen MR) is 89.6 cm³/mol. The lowest BCUT2D eigenvalue weighted by molar-refractivity contribution is -0.137. The van der Waals surface area contributed by atoms with Crippen molar-refractivity contribution in [3.63, 3.8) is 0 Å². The van der Waals surface area contributed by atoms with Crippen molar-refractivity contribution in [3.05, 3.63) is 59.7 Å². The van der Waals surface area contributed by atoms with Crippen LogP contribution in [0.15, 0.2) is 48.5 Å². The molecule has 0 fully saturated rings. The summed E-state index contributed by atoms with van der Waals surface area (Å²) in [4.78, 5) is 23.2. The van der Waals surface area contributed by atoms with Gasteiger partial charge in [0.15, 0.2) is 5.78 Å². The molecule has 7 heteroatoms. The minimum atomic E-state index is -4.53. The summed E-state index contributed by atoms with van der Waals surface area (Å²) in [7, 11) is 0. The van der Waals surface area contributed by atoms with Gasteiger partial charge in [-0.2, -0.15) is 13.2 Å². The molecule has 0 atom stereocenters. The molecular weight excluding hydrogens is 333 g/mol. The third-order valence-electron chi connectivity index (χ3n) is 3.46. The molecule has 132 valence electrons. The SMILES string of the molecule is CC(=O)c1cccc(NCCC(=O)Nc2ccccc2C(F)(F)F)c1. The molecule has 1 amide bonds. The zero-order valence-corrected chi connectivity index (χ0v) is 13.5. The number of alkyl halides is 3. The number of Topliss-reactive ketones (excluding diaryl/α,β-unsaturated/α-hetero) is 1. The Morgan fingerprint density at radius 3 is 2.44 bits per heavy atom. The first-order valence-electron chi connectivity index (χ1n) is 7.58. The number of anilines is 2. The fourth-order valence-corrected chi connectivity index (χ4v) is 2.22. The third-order valence-corrected chi connectivity index (χ3v) is 3.46. The summed E-state index contributed by atoms with van der Waals surface area (Å²) in [5.74, 6) is -0.614. The molecule has 0 aliphatic carbocycles. The van der Waals surface area contributed by atoms with Crippen LogP contribution < -0.4 is 10.6 Å². The Morgan fingerprint density at radius 1 is 1.04 bits per heavy atom. The molecule has 0 radical (unpaired) electrons. The number of hydrogen-bond acceptors (Lipinski definition) is 3. The average molecular weight is 350 g/mol. The third kappa shape index (κ3) is 5.34. The summed E-state index contributed by atoms with van der Waals surface area (Å²) in [5, 5.41) is 5.25. The van der Waals surface area contributed by atoms with Crippen molar-refractivity contribution in [2.24, 2.45) is 0 Å². The molecule has 0 aliphatic heterocycles. The number of ketones is 1. The summed E-state index contributed by atoms with van der Waals surface area (Å²) in [6.45, 7) is 1.67. The van der Waals surface area contributed by atoms with Crippen LogP contribution in [0.3, 0.4) is 0 Å². The maximum absolute atomic E-state index is 12.9. The highest BCUT2D eigenvalue weighted by atomic mass is 19.4. The Balaban J connectivity index is 1.92. The number of rotatable bonds is 6. The van der Waals surface area contributed by atoms with Gasteiger partial charge in [-0.05, 0) is 31.2 Å². The van der Waals surface area contributed by atoms with Crippen molar-refractivity contribution in [3.8, 4) is 0 Å². The number of benzene rings is 2. The molecule has 0 aliphatic rings. The lowest BCUT2D eigenvalue weighted by Gasteiger charge is -2.13. The molecule has 25 heavy (non-hydrogen) atoms. The zero-order valence-electron chi connectivity index (χ0n) is 13.5. The first kappa shape index (κ1) is 18.5. The van der Waals surface area contributed by atoms with E-state index in [0.29, 0.717) is 11.3 Å². The van der Waals surface area contributed by atoms with Gasteiger partial charge in [-0.25, -0.2) is 0 Å². The second-order valence-electron chi connectivity index (χ2n) is 5.41. The largest absolute Gasteiger partial charge is 0.418 e. The van der Waals surface area contributed by atoms with Crippen LogP contribution in [0.1, 0.15) is 29.3 Å². The van der Waals surface area contributed by atoms with Crippen LogP contribution >= 0.6 is 0 Å². The lowest BCUT2D eigenvalue weighted by atomic mass is 10.1. The molecule has 4 nitrogen and oxygen atoms in total. The normalized spacial score (nSPS) is 11.0. The lowest BCUT2D eigenvalue weighted by Crippen LogP contribution is -2.19. The van der Waals surface area contributed by atoms with Gasteiger partial charge < -0.3 is 10.6 Å². The quantitative estimate of drug-likeness (QED) is 0.762. The Kier molecular flexibility index (Phi) is 5.80. The number of nitrogens with one attached hydrogen (secondary N) is 2. The van der Waals surface area contributed by atoms with Gasteiger partial charge in [0.05, 0.1) is 11.3 Å². The number of carbonyl (C=O) groups is 2. The van der Waals surface area contributed by atoms with E-state index in [-0.39, 0.29) is 24.4 Å². The van der Waals surface area contributed by atoms with E-state index in [9.17, 15) is 22.8 Å². The van der Waals surface area contributed by atoms with E-state index in [1.54, 1.807) is 24.3 Å². The number of halogens is 3. The summed E-state index contributed by atoms with van der Waals surface area (Å²) < 4.78 is 38.7. The highest BCUT2D eigenvalue weighted by Crippen LogP contribution is 2.34.